The third-order valence-corrected chi connectivity index (χ3v) is 3.72. The van der Waals surface area contributed by atoms with E-state index in [4.69, 9.17) is 11.6 Å². The first-order chi connectivity index (χ1) is 9.20. The second kappa shape index (κ2) is 4.60. The molecule has 0 aliphatic carbocycles. The van der Waals surface area contributed by atoms with Gasteiger partial charge in [-0.1, -0.05) is 41.1 Å². The van der Waals surface area contributed by atoms with E-state index in [1.165, 1.54) is 23.0 Å². The summed E-state index contributed by atoms with van der Waals surface area (Å²) in [4.78, 5) is 12.0. The summed E-state index contributed by atoms with van der Waals surface area (Å²) in [5.41, 5.74) is 0.787. The van der Waals surface area contributed by atoms with Crippen LogP contribution in [0.15, 0.2) is 24.3 Å². The van der Waals surface area contributed by atoms with Crippen LogP contribution in [-0.4, -0.2) is 32.9 Å². The minimum absolute atomic E-state index is 0.0482. The predicted molar refractivity (Wildman–Crippen MR) is 70.4 cm³/mol. The zero-order chi connectivity index (χ0) is 13.4. The molecule has 6 nitrogen and oxygen atoms in total. The maximum atomic E-state index is 11.5. The predicted octanol–water partition coefficient (Wildman–Crippen LogP) is 2.29. The lowest BCUT2D eigenvalue weighted by Crippen LogP contribution is -2.07. The minimum atomic E-state index is -0.580. The number of hydrogen-bond donors (Lipinski definition) is 0. The first kappa shape index (κ1) is 12.1. The quantitative estimate of drug-likeness (QED) is 0.678. The van der Waals surface area contributed by atoms with Gasteiger partial charge in [0.1, 0.15) is 5.01 Å². The van der Waals surface area contributed by atoms with Gasteiger partial charge in [0.2, 0.25) is 4.96 Å². The van der Waals surface area contributed by atoms with Crippen molar-refractivity contribution in [3.63, 3.8) is 0 Å². The molecule has 0 N–H and O–H groups in total. The number of nitrogens with zero attached hydrogens (tertiary/aromatic N) is 4. The van der Waals surface area contributed by atoms with Crippen LogP contribution in [-0.2, 0) is 4.74 Å². The van der Waals surface area contributed by atoms with E-state index in [1.54, 1.807) is 6.07 Å². The van der Waals surface area contributed by atoms with E-state index in [-0.39, 0.29) is 5.82 Å². The van der Waals surface area contributed by atoms with Crippen molar-refractivity contribution < 1.29 is 9.53 Å². The average Bonchev–Trinajstić information content (AvgIpc) is 2.98. The summed E-state index contributed by atoms with van der Waals surface area (Å²) in [6, 6.07) is 7.34. The monoisotopic (exact) mass is 294 g/mol. The molecule has 3 rings (SSSR count). The number of halogens is 1. The van der Waals surface area contributed by atoms with Gasteiger partial charge >= 0.3 is 5.97 Å². The number of carbonyl (C=O) groups is 1. The Morgan fingerprint density at radius 2 is 2.16 bits per heavy atom. The lowest BCUT2D eigenvalue weighted by Gasteiger charge is -1.97. The van der Waals surface area contributed by atoms with Crippen molar-refractivity contribution in [3.8, 4) is 10.6 Å². The number of esters is 1. The van der Waals surface area contributed by atoms with Crippen LogP contribution in [0, 0.1) is 0 Å². The molecule has 0 bridgehead atoms. The Kier molecular flexibility index (Phi) is 2.92. The van der Waals surface area contributed by atoms with Crippen LogP contribution >= 0.6 is 22.9 Å². The maximum Gasteiger partial charge on any atom is 0.378 e. The minimum Gasteiger partial charge on any atom is -0.463 e. The lowest BCUT2D eigenvalue weighted by molar-refractivity contribution is 0.0584. The largest absolute Gasteiger partial charge is 0.463 e. The third-order valence-electron chi connectivity index (χ3n) is 2.46. The highest BCUT2D eigenvalue weighted by atomic mass is 35.5. The molecule has 19 heavy (non-hydrogen) atoms. The van der Waals surface area contributed by atoms with Gasteiger partial charge in [0.15, 0.2) is 0 Å². The van der Waals surface area contributed by atoms with E-state index in [0.29, 0.717) is 15.0 Å². The molecule has 0 radical (unpaired) electrons. The van der Waals surface area contributed by atoms with Gasteiger partial charge in [0.05, 0.1) is 12.1 Å². The molecular formula is C11H7ClN4O2S. The summed E-state index contributed by atoms with van der Waals surface area (Å²) in [6.07, 6.45) is 0. The van der Waals surface area contributed by atoms with Crippen molar-refractivity contribution in [2.75, 3.05) is 7.11 Å². The molecule has 96 valence electrons. The Morgan fingerprint density at radius 1 is 1.37 bits per heavy atom. The number of hydrogen-bond acceptors (Lipinski definition) is 6. The van der Waals surface area contributed by atoms with Gasteiger partial charge in [-0.3, -0.25) is 0 Å². The van der Waals surface area contributed by atoms with Crippen LogP contribution in [0.4, 0.5) is 0 Å². The fourth-order valence-corrected chi connectivity index (χ4v) is 2.74. The standard InChI is InChI=1S/C11H7ClN4O2S/c1-18-10(17)8-13-14-11-16(8)15-9(19-11)6-4-2-3-5-7(6)12/h2-5H,1H3. The van der Waals surface area contributed by atoms with Gasteiger partial charge in [-0.05, 0) is 6.07 Å². The van der Waals surface area contributed by atoms with Crippen molar-refractivity contribution in [1.29, 1.82) is 0 Å². The molecule has 0 amide bonds. The molecule has 0 aliphatic heterocycles. The van der Waals surface area contributed by atoms with Crippen molar-refractivity contribution in [2.45, 2.75) is 0 Å². The molecule has 8 heteroatoms. The molecular weight excluding hydrogens is 288 g/mol. The number of carbonyl (C=O) groups excluding carboxylic acids is 1. The highest BCUT2D eigenvalue weighted by Crippen LogP contribution is 2.30. The zero-order valence-corrected chi connectivity index (χ0v) is 11.3. The van der Waals surface area contributed by atoms with Gasteiger partial charge in [-0.25, -0.2) is 4.79 Å². The van der Waals surface area contributed by atoms with E-state index >= 15 is 0 Å². The van der Waals surface area contributed by atoms with Gasteiger partial charge in [0, 0.05) is 5.56 Å². The summed E-state index contributed by atoms with van der Waals surface area (Å²) in [6.45, 7) is 0. The van der Waals surface area contributed by atoms with Crippen LogP contribution in [0.5, 0.6) is 0 Å². The van der Waals surface area contributed by atoms with Gasteiger partial charge < -0.3 is 4.74 Å². The summed E-state index contributed by atoms with van der Waals surface area (Å²) in [5.74, 6) is -0.532. The highest BCUT2D eigenvalue weighted by molar-refractivity contribution is 7.19. The fourth-order valence-electron chi connectivity index (χ4n) is 1.58. The second-order valence-electron chi connectivity index (χ2n) is 3.60. The molecule has 0 unspecified atom stereocenters. The summed E-state index contributed by atoms with van der Waals surface area (Å²) in [5, 5.41) is 13.2. The van der Waals surface area contributed by atoms with E-state index in [0.717, 1.165) is 5.56 Å². The summed E-state index contributed by atoms with van der Waals surface area (Å²) < 4.78 is 5.97. The van der Waals surface area contributed by atoms with Crippen LogP contribution in [0.25, 0.3) is 15.5 Å². The van der Waals surface area contributed by atoms with Gasteiger partial charge in [-0.2, -0.15) is 9.61 Å². The maximum absolute atomic E-state index is 11.5. The first-order valence-electron chi connectivity index (χ1n) is 5.26. The number of ether oxygens (including phenoxy) is 1. The molecule has 3 aromatic rings. The van der Waals surface area contributed by atoms with Gasteiger partial charge in [-0.15, -0.1) is 10.2 Å². The second-order valence-corrected chi connectivity index (χ2v) is 4.96. The summed E-state index contributed by atoms with van der Waals surface area (Å²) >= 11 is 7.41. The average molecular weight is 295 g/mol. The third kappa shape index (κ3) is 1.96. The van der Waals surface area contributed by atoms with Gasteiger partial charge in [0.25, 0.3) is 5.82 Å². The number of benzene rings is 1. The van der Waals surface area contributed by atoms with Crippen molar-refractivity contribution in [1.82, 2.24) is 19.8 Å². The molecule has 0 spiro atoms. The molecule has 0 saturated carbocycles. The summed E-state index contributed by atoms with van der Waals surface area (Å²) in [7, 11) is 1.28. The van der Waals surface area contributed by atoms with E-state index < -0.39 is 5.97 Å². The normalized spacial score (nSPS) is 10.8. The van der Waals surface area contributed by atoms with Crippen molar-refractivity contribution in [2.24, 2.45) is 0 Å². The SMILES string of the molecule is COC(=O)c1nnc2sc(-c3ccccc3Cl)nn12. The van der Waals surface area contributed by atoms with Crippen LogP contribution in [0.2, 0.25) is 5.02 Å². The lowest BCUT2D eigenvalue weighted by atomic mass is 10.2. The Morgan fingerprint density at radius 3 is 2.89 bits per heavy atom. The number of rotatable bonds is 2. The van der Waals surface area contributed by atoms with Crippen LogP contribution in [0.1, 0.15) is 10.6 Å². The van der Waals surface area contributed by atoms with E-state index in [2.05, 4.69) is 20.0 Å². The smallest absolute Gasteiger partial charge is 0.378 e. The molecule has 0 fully saturated rings. The van der Waals surface area contributed by atoms with Crippen LogP contribution in [0.3, 0.4) is 0 Å². The number of methoxy groups -OCH3 is 1. The van der Waals surface area contributed by atoms with Crippen LogP contribution < -0.4 is 0 Å². The highest BCUT2D eigenvalue weighted by Gasteiger charge is 2.19. The zero-order valence-electron chi connectivity index (χ0n) is 9.70. The Hall–Kier alpha value is -1.99. The van der Waals surface area contributed by atoms with Crippen molar-refractivity contribution >= 4 is 33.9 Å². The number of aromatic nitrogens is 4. The van der Waals surface area contributed by atoms with E-state index in [9.17, 15) is 4.79 Å². The Balaban J connectivity index is 2.15. The molecule has 0 atom stereocenters. The van der Waals surface area contributed by atoms with Crippen molar-refractivity contribution in [3.05, 3.63) is 35.1 Å². The molecule has 0 aliphatic rings. The van der Waals surface area contributed by atoms with E-state index in [1.807, 2.05) is 18.2 Å². The first-order valence-corrected chi connectivity index (χ1v) is 6.45. The molecule has 2 aromatic heterocycles. The Bertz CT molecular complexity index is 767. The molecule has 0 saturated heterocycles. The molecule has 1 aromatic carbocycles. The number of fused-ring (bicyclic) bond motifs is 1. The topological polar surface area (TPSA) is 69.4 Å². The molecule has 2 heterocycles. The Labute approximate surface area is 116 Å². The fraction of sp³-hybridized carbons (Fsp3) is 0.0909.